The minimum atomic E-state index is -0.0787. The third kappa shape index (κ3) is 1.15. The molecule has 0 aliphatic rings. The van der Waals surface area contributed by atoms with Gasteiger partial charge in [0, 0.05) is 10.9 Å². The number of rotatable bonds is 0. The first-order chi connectivity index (χ1) is 7.27. The van der Waals surface area contributed by atoms with Gasteiger partial charge in [0.05, 0.1) is 4.47 Å². The number of benzene rings is 1. The molecule has 0 aliphatic heterocycles. The van der Waals surface area contributed by atoms with E-state index in [0.717, 1.165) is 9.99 Å². The summed E-state index contributed by atoms with van der Waals surface area (Å²) in [6.45, 7) is 0. The van der Waals surface area contributed by atoms with Crippen LogP contribution in [0.25, 0.3) is 22.0 Å². The largest absolute Gasteiger partial charge is 0.457 e. The fourth-order valence-corrected chi connectivity index (χ4v) is 2.04. The highest BCUT2D eigenvalue weighted by Crippen LogP contribution is 2.23. The number of nitrogens with one attached hydrogen (secondary N) is 1. The molecule has 1 N–H and O–H groups in total. The Labute approximate surface area is 92.8 Å². The summed E-state index contributed by atoms with van der Waals surface area (Å²) in [6, 6.07) is 7.37. The van der Waals surface area contributed by atoms with Gasteiger partial charge in [-0.2, -0.15) is 0 Å². The number of H-pyrrole nitrogens is 1. The highest BCUT2D eigenvalue weighted by molar-refractivity contribution is 9.10. The zero-order chi connectivity index (χ0) is 10.4. The average Bonchev–Trinajstić information content (AvgIpc) is 2.62. The van der Waals surface area contributed by atoms with Gasteiger partial charge in [0.25, 0.3) is 0 Å². The summed E-state index contributed by atoms with van der Waals surface area (Å²) in [5, 5.41) is 0.645. The smallest absolute Gasteiger partial charge is 0.232 e. The first kappa shape index (κ1) is 8.73. The van der Waals surface area contributed by atoms with E-state index in [-0.39, 0.29) is 5.43 Å². The Morgan fingerprint density at radius 3 is 2.93 bits per heavy atom. The van der Waals surface area contributed by atoms with Crippen LogP contribution in [0.3, 0.4) is 0 Å². The predicted octanol–water partition coefficient (Wildman–Crippen LogP) is 3.04. The van der Waals surface area contributed by atoms with Gasteiger partial charge in [0.2, 0.25) is 5.43 Å². The van der Waals surface area contributed by atoms with Crippen molar-refractivity contribution >= 4 is 37.9 Å². The zero-order valence-electron chi connectivity index (χ0n) is 7.58. The molecule has 0 aliphatic carbocycles. The fraction of sp³-hybridized carbons (Fsp3) is 0. The van der Waals surface area contributed by atoms with Gasteiger partial charge in [-0.3, -0.25) is 4.79 Å². The van der Waals surface area contributed by atoms with Gasteiger partial charge in [-0.05, 0) is 28.1 Å². The summed E-state index contributed by atoms with van der Waals surface area (Å²) >= 11 is 3.32. The molecule has 0 unspecified atom stereocenters. The van der Waals surface area contributed by atoms with E-state index in [9.17, 15) is 4.79 Å². The number of aromatic amines is 1. The van der Waals surface area contributed by atoms with Crippen LogP contribution in [0.4, 0.5) is 0 Å². The third-order valence-corrected chi connectivity index (χ3v) is 2.97. The fourth-order valence-electron chi connectivity index (χ4n) is 1.67. The molecule has 2 aromatic heterocycles. The first-order valence-electron chi connectivity index (χ1n) is 4.45. The Morgan fingerprint density at radius 1 is 1.27 bits per heavy atom. The van der Waals surface area contributed by atoms with Gasteiger partial charge in [-0.15, -0.1) is 0 Å². The SMILES string of the molecule is O=c1c2ccccc2[nH]c2c(Br)coc12. The lowest BCUT2D eigenvalue weighted by molar-refractivity contribution is 0.611. The number of aromatic nitrogens is 1. The molecule has 2 heterocycles. The second-order valence-corrected chi connectivity index (χ2v) is 4.14. The molecule has 3 rings (SSSR count). The Morgan fingerprint density at radius 2 is 2.07 bits per heavy atom. The molecule has 74 valence electrons. The highest BCUT2D eigenvalue weighted by atomic mass is 79.9. The number of hydrogen-bond acceptors (Lipinski definition) is 2. The van der Waals surface area contributed by atoms with Crippen LogP contribution >= 0.6 is 15.9 Å². The van der Waals surface area contributed by atoms with E-state index in [1.54, 1.807) is 6.07 Å². The van der Waals surface area contributed by atoms with E-state index in [1.807, 2.05) is 18.2 Å². The summed E-state index contributed by atoms with van der Waals surface area (Å²) in [4.78, 5) is 15.1. The number of hydrogen-bond donors (Lipinski definition) is 1. The van der Waals surface area contributed by atoms with Gasteiger partial charge >= 0.3 is 0 Å². The van der Waals surface area contributed by atoms with Crippen LogP contribution in [0.15, 0.2) is 44.2 Å². The lowest BCUT2D eigenvalue weighted by Crippen LogP contribution is -2.01. The predicted molar refractivity (Wildman–Crippen MR) is 62.0 cm³/mol. The topological polar surface area (TPSA) is 46.0 Å². The van der Waals surface area contributed by atoms with Crippen LogP contribution in [0.1, 0.15) is 0 Å². The van der Waals surface area contributed by atoms with Crippen molar-refractivity contribution in [3.63, 3.8) is 0 Å². The second-order valence-electron chi connectivity index (χ2n) is 3.29. The van der Waals surface area contributed by atoms with Crippen LogP contribution in [0.5, 0.6) is 0 Å². The van der Waals surface area contributed by atoms with E-state index in [0.29, 0.717) is 16.5 Å². The van der Waals surface area contributed by atoms with Crippen molar-refractivity contribution < 1.29 is 4.42 Å². The van der Waals surface area contributed by atoms with Crippen LogP contribution < -0.4 is 5.43 Å². The van der Waals surface area contributed by atoms with E-state index < -0.39 is 0 Å². The molecule has 0 fully saturated rings. The maximum Gasteiger partial charge on any atom is 0.232 e. The molecule has 0 amide bonds. The molecule has 0 saturated heterocycles. The molecule has 0 bridgehead atoms. The number of pyridine rings is 1. The van der Waals surface area contributed by atoms with E-state index in [4.69, 9.17) is 4.42 Å². The van der Waals surface area contributed by atoms with Gasteiger partial charge in [-0.25, -0.2) is 0 Å². The van der Waals surface area contributed by atoms with E-state index in [1.165, 1.54) is 6.26 Å². The number of para-hydroxylation sites is 1. The Hall–Kier alpha value is -1.55. The zero-order valence-corrected chi connectivity index (χ0v) is 9.17. The Balaban J connectivity index is 2.68. The first-order valence-corrected chi connectivity index (χ1v) is 5.24. The molecule has 0 atom stereocenters. The lowest BCUT2D eigenvalue weighted by Gasteiger charge is -1.97. The van der Waals surface area contributed by atoms with Gasteiger partial charge in [-0.1, -0.05) is 12.1 Å². The molecule has 4 heteroatoms. The lowest BCUT2D eigenvalue weighted by atomic mass is 10.2. The molecule has 3 aromatic rings. The van der Waals surface area contributed by atoms with Crippen molar-refractivity contribution in [2.24, 2.45) is 0 Å². The minimum absolute atomic E-state index is 0.0787. The molecule has 3 nitrogen and oxygen atoms in total. The van der Waals surface area contributed by atoms with E-state index >= 15 is 0 Å². The third-order valence-electron chi connectivity index (χ3n) is 2.38. The van der Waals surface area contributed by atoms with Gasteiger partial charge in [0.15, 0.2) is 5.58 Å². The summed E-state index contributed by atoms with van der Waals surface area (Å²) in [6.07, 6.45) is 1.52. The van der Waals surface area contributed by atoms with Crippen LogP contribution in [-0.4, -0.2) is 4.98 Å². The molecule has 0 radical (unpaired) electrons. The van der Waals surface area contributed by atoms with Crippen molar-refractivity contribution in [1.29, 1.82) is 0 Å². The molecular formula is C11H6BrNO2. The molecule has 0 spiro atoms. The van der Waals surface area contributed by atoms with Gasteiger partial charge in [0.1, 0.15) is 11.8 Å². The van der Waals surface area contributed by atoms with Crippen molar-refractivity contribution in [1.82, 2.24) is 4.98 Å². The van der Waals surface area contributed by atoms with Crippen molar-refractivity contribution in [3.05, 3.63) is 45.2 Å². The summed E-state index contributed by atoms with van der Waals surface area (Å²) in [7, 11) is 0. The standard InChI is InChI=1S/C11H6BrNO2/c12-7-5-15-11-9(7)13-8-4-2-1-3-6(8)10(11)14/h1-5H,(H,13,14). The van der Waals surface area contributed by atoms with Crippen LogP contribution in [-0.2, 0) is 0 Å². The monoisotopic (exact) mass is 263 g/mol. The molecular weight excluding hydrogens is 258 g/mol. The van der Waals surface area contributed by atoms with Crippen molar-refractivity contribution in [3.8, 4) is 0 Å². The van der Waals surface area contributed by atoms with Crippen molar-refractivity contribution in [2.75, 3.05) is 0 Å². The Kier molecular flexibility index (Phi) is 1.73. The maximum atomic E-state index is 12.0. The van der Waals surface area contributed by atoms with Gasteiger partial charge < -0.3 is 9.40 Å². The van der Waals surface area contributed by atoms with Crippen LogP contribution in [0.2, 0.25) is 0 Å². The summed E-state index contributed by atoms with van der Waals surface area (Å²) in [5.41, 5.74) is 1.81. The normalized spacial score (nSPS) is 11.3. The highest BCUT2D eigenvalue weighted by Gasteiger charge is 2.10. The molecule has 1 aromatic carbocycles. The Bertz CT molecular complexity index is 711. The summed E-state index contributed by atoms with van der Waals surface area (Å²) < 4.78 is 5.96. The van der Waals surface area contributed by atoms with Crippen molar-refractivity contribution in [2.45, 2.75) is 0 Å². The summed E-state index contributed by atoms with van der Waals surface area (Å²) in [5.74, 6) is 0. The number of halogens is 1. The number of furan rings is 1. The maximum absolute atomic E-state index is 12.0. The minimum Gasteiger partial charge on any atom is -0.457 e. The number of fused-ring (bicyclic) bond motifs is 2. The molecule has 0 saturated carbocycles. The molecule has 15 heavy (non-hydrogen) atoms. The quantitative estimate of drug-likeness (QED) is 0.678. The van der Waals surface area contributed by atoms with E-state index in [2.05, 4.69) is 20.9 Å². The second kappa shape index (κ2) is 2.97. The van der Waals surface area contributed by atoms with Crippen LogP contribution in [0, 0.1) is 0 Å². The average molecular weight is 264 g/mol.